The van der Waals surface area contributed by atoms with Crippen molar-refractivity contribution in [1.82, 2.24) is 4.67 Å². The molecule has 10 radical (unpaired) electrons. The van der Waals surface area contributed by atoms with Crippen LogP contribution in [0.4, 0.5) is 0 Å². The average Bonchev–Trinajstić information content (AvgIpc) is 3.51. The van der Waals surface area contributed by atoms with Crippen LogP contribution in [-0.2, 0) is 17.1 Å². The molecule has 0 amide bonds. The van der Waals surface area contributed by atoms with Gasteiger partial charge in [-0.1, -0.05) is 67.6 Å². The first-order valence-electron chi connectivity index (χ1n) is 10.4. The summed E-state index contributed by atoms with van der Waals surface area (Å²) in [4.78, 5) is 0. The zero-order chi connectivity index (χ0) is 21.2. The molecule has 0 spiro atoms. The summed E-state index contributed by atoms with van der Waals surface area (Å²) in [5.74, 6) is 2.55. The van der Waals surface area contributed by atoms with Crippen LogP contribution in [0.1, 0.15) is 13.8 Å². The van der Waals surface area contributed by atoms with Crippen LogP contribution < -0.4 is 10.6 Å². The molecule has 2 aromatic carbocycles. The number of nitrogens with zero attached hydrogens (tertiary/aromatic N) is 1. The second-order valence-electron chi connectivity index (χ2n) is 6.97. The fourth-order valence-corrected chi connectivity index (χ4v) is 6.69. The third kappa shape index (κ3) is 7.90. The van der Waals surface area contributed by atoms with Gasteiger partial charge in [0.2, 0.25) is 0 Å². The van der Waals surface area contributed by atoms with E-state index in [1.165, 1.54) is 21.8 Å². The monoisotopic (exact) mass is 487 g/mol. The number of benzene rings is 2. The third-order valence-corrected chi connectivity index (χ3v) is 8.51. The number of hydrogen-bond donors (Lipinski definition) is 0. The second-order valence-corrected chi connectivity index (χ2v) is 10.6. The predicted molar refractivity (Wildman–Crippen MR) is 135 cm³/mol. The molecule has 160 valence electrons. The molecular formula is C27H30FeNPS+2. The molecule has 1 atom stereocenters. The molecule has 4 rings (SSSR count). The molecule has 2 aromatic rings. The van der Waals surface area contributed by atoms with Crippen molar-refractivity contribution in [3.05, 3.63) is 123 Å². The van der Waals surface area contributed by atoms with Crippen LogP contribution in [0.5, 0.6) is 0 Å². The number of rotatable bonds is 7. The van der Waals surface area contributed by atoms with Crippen molar-refractivity contribution in [1.29, 1.82) is 0 Å². The maximum atomic E-state index is 2.55. The van der Waals surface area contributed by atoms with Crippen molar-refractivity contribution in [3.8, 4) is 0 Å². The maximum Gasteiger partial charge on any atom is 2.00 e. The third-order valence-electron chi connectivity index (χ3n) is 4.99. The Morgan fingerprint density at radius 1 is 0.774 bits per heavy atom. The van der Waals surface area contributed by atoms with Gasteiger partial charge in [-0.05, 0) is 81.7 Å². The van der Waals surface area contributed by atoms with Crippen LogP contribution in [-0.4, -0.2) is 23.5 Å². The topological polar surface area (TPSA) is 3.24 Å². The SMILES string of the molecule is CCS[C]1[CH][CH][CH][C]1[C@H](C)N(C)P(c1ccccc1)c1ccccc1.[CH]1[CH][CH][CH][CH]1.[Fe+2]. The van der Waals surface area contributed by atoms with Crippen molar-refractivity contribution in [3.63, 3.8) is 0 Å². The Hall–Kier alpha value is -0.301. The van der Waals surface area contributed by atoms with E-state index in [2.05, 4.69) is 105 Å². The van der Waals surface area contributed by atoms with Crippen LogP contribution >= 0.6 is 19.8 Å². The summed E-state index contributed by atoms with van der Waals surface area (Å²) in [6, 6.07) is 22.2. The van der Waals surface area contributed by atoms with E-state index in [9.17, 15) is 0 Å². The minimum Gasteiger partial charge on any atom is -0.274 e. The van der Waals surface area contributed by atoms with Crippen LogP contribution in [0.3, 0.4) is 0 Å². The van der Waals surface area contributed by atoms with Crippen LogP contribution in [0.15, 0.2) is 60.7 Å². The van der Waals surface area contributed by atoms with Crippen molar-refractivity contribution >= 4 is 30.4 Å². The van der Waals surface area contributed by atoms with Crippen molar-refractivity contribution in [2.75, 3.05) is 12.8 Å². The van der Waals surface area contributed by atoms with Gasteiger partial charge in [0.15, 0.2) is 0 Å². The Morgan fingerprint density at radius 2 is 1.26 bits per heavy atom. The molecule has 0 heterocycles. The Balaban J connectivity index is 0.000000501. The zero-order valence-corrected chi connectivity index (χ0v) is 21.1. The quantitative estimate of drug-likeness (QED) is 0.356. The first-order chi connectivity index (χ1) is 14.7. The molecule has 0 aliphatic heterocycles. The Kier molecular flexibility index (Phi) is 12.8. The van der Waals surface area contributed by atoms with Gasteiger partial charge in [0.1, 0.15) is 0 Å². The summed E-state index contributed by atoms with van der Waals surface area (Å²) in [6.45, 7) is 4.55. The first kappa shape index (κ1) is 26.9. The summed E-state index contributed by atoms with van der Waals surface area (Å²) in [7, 11) is 1.71. The predicted octanol–water partition coefficient (Wildman–Crippen LogP) is 5.86. The van der Waals surface area contributed by atoms with Crippen LogP contribution in [0, 0.1) is 62.5 Å². The van der Waals surface area contributed by atoms with E-state index in [0.717, 1.165) is 5.75 Å². The fraction of sp³-hybridized carbons (Fsp3) is 0.185. The number of hydrogen-bond acceptors (Lipinski definition) is 2. The van der Waals surface area contributed by atoms with Gasteiger partial charge in [0.05, 0.1) is 0 Å². The molecule has 2 aliphatic carbocycles. The van der Waals surface area contributed by atoms with E-state index in [0.29, 0.717) is 6.04 Å². The summed E-state index contributed by atoms with van der Waals surface area (Å²) >= 11 is 1.94. The van der Waals surface area contributed by atoms with Gasteiger partial charge in [-0.2, -0.15) is 11.8 Å². The van der Waals surface area contributed by atoms with E-state index >= 15 is 0 Å². The van der Waals surface area contributed by atoms with Crippen molar-refractivity contribution < 1.29 is 17.1 Å². The minimum absolute atomic E-state index is 0. The number of thioether (sulfide) groups is 1. The van der Waals surface area contributed by atoms with Crippen LogP contribution in [0.25, 0.3) is 0 Å². The molecule has 2 fully saturated rings. The molecule has 0 bridgehead atoms. The zero-order valence-electron chi connectivity index (χ0n) is 18.3. The molecule has 4 heteroatoms. The Morgan fingerprint density at radius 3 is 1.71 bits per heavy atom. The van der Waals surface area contributed by atoms with E-state index in [-0.39, 0.29) is 17.1 Å². The maximum absolute atomic E-state index is 2.55. The van der Waals surface area contributed by atoms with Gasteiger partial charge in [0.25, 0.3) is 0 Å². The molecule has 0 N–H and O–H groups in total. The molecule has 1 nitrogen and oxygen atoms in total. The van der Waals surface area contributed by atoms with Crippen LogP contribution in [0.2, 0.25) is 0 Å². The van der Waals surface area contributed by atoms with E-state index in [1.807, 2.05) is 43.9 Å². The average molecular weight is 487 g/mol. The molecule has 2 aliphatic rings. The normalized spacial score (nSPS) is 18.0. The molecule has 31 heavy (non-hydrogen) atoms. The van der Waals surface area contributed by atoms with Gasteiger partial charge in [-0.15, -0.1) is 0 Å². The molecule has 0 unspecified atom stereocenters. The summed E-state index contributed by atoms with van der Waals surface area (Å²) < 4.78 is 2.55. The van der Waals surface area contributed by atoms with Gasteiger partial charge in [-0.3, -0.25) is 4.67 Å². The standard InChI is InChI=1S/C22H25NPS.C5H5.Fe/c1-4-25-22-17-11-16-21(22)18(2)23(3)24(19-12-7-5-8-13-19)20-14-9-6-10-15-20;1-2-4-5-3-1;/h5-18H,4H2,1-3H3;1-5H;/q;;+2/t18-;;/m0../s1. The fourth-order valence-electron chi connectivity index (χ4n) is 3.40. The summed E-state index contributed by atoms with van der Waals surface area (Å²) in [5.41, 5.74) is 0. The van der Waals surface area contributed by atoms with E-state index in [4.69, 9.17) is 0 Å². The second kappa shape index (κ2) is 14.8. The molecular weight excluding hydrogens is 457 g/mol. The van der Waals surface area contributed by atoms with E-state index < -0.39 is 8.07 Å². The summed E-state index contributed by atoms with van der Waals surface area (Å²) in [6.07, 6.45) is 16.7. The Labute approximate surface area is 207 Å². The molecule has 0 saturated heterocycles. The van der Waals surface area contributed by atoms with Gasteiger partial charge in [-0.25, -0.2) is 0 Å². The van der Waals surface area contributed by atoms with E-state index in [1.54, 1.807) is 0 Å². The summed E-state index contributed by atoms with van der Waals surface area (Å²) in [5, 5.41) is 4.21. The van der Waals surface area contributed by atoms with Gasteiger partial charge >= 0.3 is 17.1 Å². The minimum atomic E-state index is -0.554. The van der Waals surface area contributed by atoms with Gasteiger partial charge < -0.3 is 0 Å². The largest absolute Gasteiger partial charge is 2.00 e. The van der Waals surface area contributed by atoms with Gasteiger partial charge in [0, 0.05) is 25.3 Å². The Bertz CT molecular complexity index is 663. The van der Waals surface area contributed by atoms with Crippen molar-refractivity contribution in [2.24, 2.45) is 0 Å². The van der Waals surface area contributed by atoms with Crippen molar-refractivity contribution in [2.45, 2.75) is 19.9 Å². The molecule has 2 saturated carbocycles. The smallest absolute Gasteiger partial charge is 0.274 e. The first-order valence-corrected chi connectivity index (χ1v) is 12.7. The molecule has 0 aromatic heterocycles.